The van der Waals surface area contributed by atoms with Gasteiger partial charge in [-0.3, -0.25) is 0 Å². The zero-order chi connectivity index (χ0) is 4.83. The molecule has 0 saturated heterocycles. The second-order valence-corrected chi connectivity index (χ2v) is 1.47. The van der Waals surface area contributed by atoms with Crippen molar-refractivity contribution >= 4 is 0 Å². The first-order chi connectivity index (χ1) is 2.91. The van der Waals surface area contributed by atoms with Gasteiger partial charge < -0.3 is 5.48 Å². The first kappa shape index (κ1) is 10.0. The van der Waals surface area contributed by atoms with Crippen molar-refractivity contribution in [1.82, 2.24) is 0 Å². The van der Waals surface area contributed by atoms with Crippen LogP contribution in [0.15, 0.2) is 16.1 Å². The number of nitrogens with zero attached hydrogens (tertiary/aromatic N) is 1. The van der Waals surface area contributed by atoms with Crippen LogP contribution in [0.2, 0.25) is 0 Å². The topological polar surface area (TPSA) is 53.1 Å². The van der Waals surface area contributed by atoms with E-state index in [0.717, 1.165) is 18.1 Å². The molecular weight excluding hydrogens is 147 g/mol. The monoisotopic (exact) mass is 153 g/mol. The van der Waals surface area contributed by atoms with E-state index in [1.54, 1.807) is 19.6 Å². The van der Waals surface area contributed by atoms with E-state index in [4.69, 9.17) is 0 Å². The van der Waals surface area contributed by atoms with Gasteiger partial charge in [-0.2, -0.15) is 0 Å². The summed E-state index contributed by atoms with van der Waals surface area (Å²) in [5, 5.41) is 0. The van der Waals surface area contributed by atoms with Gasteiger partial charge in [0.2, 0.25) is 0 Å². The van der Waals surface area contributed by atoms with Crippen LogP contribution in [0.3, 0.4) is 0 Å². The number of ether oxygens (including phenoxy) is 1. The van der Waals surface area contributed by atoms with Crippen LogP contribution >= 0.6 is 0 Å². The molecule has 0 radical (unpaired) electrons. The van der Waals surface area contributed by atoms with Gasteiger partial charge in [0.1, 0.15) is 0 Å². The van der Waals surface area contributed by atoms with Crippen LogP contribution in [0.1, 0.15) is 0 Å². The van der Waals surface area contributed by atoms with Gasteiger partial charge in [-0.25, -0.2) is 0 Å². The Morgan fingerprint density at radius 3 is 2.43 bits per heavy atom. The van der Waals surface area contributed by atoms with Crippen LogP contribution < -0.4 is 0 Å². The zero-order valence-electron chi connectivity index (χ0n) is 4.22. The van der Waals surface area contributed by atoms with Crippen molar-refractivity contribution in [3.63, 3.8) is 0 Å². The summed E-state index contributed by atoms with van der Waals surface area (Å²) in [5.41, 5.74) is 0. The third-order valence-corrected chi connectivity index (χ3v) is 0.745. The SMILES string of the molecule is CO/C=C/[N]=[Zn].O. The standard InChI is InChI=1S/C3H5NO.H2O.Zn/c1-5-3-2-4;;/h2-3H,1H3;1H2;/b3-2+;;. The second kappa shape index (κ2) is 9.33. The van der Waals surface area contributed by atoms with E-state index in [-0.39, 0.29) is 5.48 Å². The molecule has 0 bridgehead atoms. The molecule has 0 rings (SSSR count). The summed E-state index contributed by atoms with van der Waals surface area (Å²) < 4.78 is 8.27. The van der Waals surface area contributed by atoms with Crippen molar-refractivity contribution < 1.29 is 28.3 Å². The molecule has 0 saturated carbocycles. The van der Waals surface area contributed by atoms with Crippen molar-refractivity contribution in [1.29, 1.82) is 0 Å². The minimum absolute atomic E-state index is 0. The fourth-order valence-electron chi connectivity index (χ4n) is 0.104. The molecule has 0 spiro atoms. The molecule has 0 aliphatic rings. The summed E-state index contributed by atoms with van der Waals surface area (Å²) in [6, 6.07) is 0. The van der Waals surface area contributed by atoms with Crippen LogP contribution in [0.25, 0.3) is 0 Å². The molecule has 0 aliphatic heterocycles. The Labute approximate surface area is 52.2 Å². The van der Waals surface area contributed by atoms with Gasteiger partial charge in [-0.05, 0) is 0 Å². The van der Waals surface area contributed by atoms with E-state index in [9.17, 15) is 0 Å². The van der Waals surface area contributed by atoms with E-state index in [1.807, 2.05) is 0 Å². The molecule has 0 aromatic carbocycles. The molecule has 3 nitrogen and oxygen atoms in total. The summed E-state index contributed by atoms with van der Waals surface area (Å²) in [5.74, 6) is 0. The third-order valence-electron chi connectivity index (χ3n) is 0.302. The summed E-state index contributed by atoms with van der Waals surface area (Å²) in [6.45, 7) is 0. The fourth-order valence-corrected chi connectivity index (χ4v) is 0.284. The molecular formula is C3H7NO2Zn. The quantitative estimate of drug-likeness (QED) is 0.408. The molecule has 0 atom stereocenters. The average molecular weight is 154 g/mol. The Balaban J connectivity index is 0. The van der Waals surface area contributed by atoms with E-state index in [0.29, 0.717) is 0 Å². The van der Waals surface area contributed by atoms with E-state index in [1.165, 1.54) is 0 Å². The largest absolute Gasteiger partial charge is 0.412 e. The Kier molecular flexibility index (Phi) is 13.4. The second-order valence-electron chi connectivity index (χ2n) is 0.703. The van der Waals surface area contributed by atoms with Crippen LogP contribution in [0.5, 0.6) is 0 Å². The maximum Gasteiger partial charge on any atom is -0.412 e. The van der Waals surface area contributed by atoms with E-state index < -0.39 is 0 Å². The average Bonchev–Trinajstić information content (AvgIpc) is 1.61. The maximum absolute atomic E-state index is 4.53. The van der Waals surface area contributed by atoms with Gasteiger partial charge in [0, 0.05) is 0 Å². The number of methoxy groups -OCH3 is 1. The van der Waals surface area contributed by atoms with Crippen LogP contribution in [-0.2, 0) is 22.9 Å². The van der Waals surface area contributed by atoms with Gasteiger partial charge >= 0.3 is 46.1 Å². The van der Waals surface area contributed by atoms with Crippen molar-refractivity contribution in [2.45, 2.75) is 0 Å². The molecule has 0 aromatic heterocycles. The first-order valence-electron chi connectivity index (χ1n) is 1.55. The van der Waals surface area contributed by atoms with Gasteiger partial charge in [-0.1, -0.05) is 0 Å². The van der Waals surface area contributed by atoms with Gasteiger partial charge in [0.05, 0.1) is 0 Å². The van der Waals surface area contributed by atoms with Crippen molar-refractivity contribution in [3.05, 3.63) is 12.5 Å². The summed E-state index contributed by atoms with van der Waals surface area (Å²) in [6.07, 6.45) is 3.18. The summed E-state index contributed by atoms with van der Waals surface area (Å²) in [7, 11) is 1.60. The number of hydrogen-bond acceptors (Lipinski definition) is 2. The summed E-state index contributed by atoms with van der Waals surface area (Å²) in [4.78, 5) is 0. The minimum Gasteiger partial charge on any atom is -0.412 e. The van der Waals surface area contributed by atoms with Crippen molar-refractivity contribution in [2.75, 3.05) is 7.11 Å². The van der Waals surface area contributed by atoms with Gasteiger partial charge in [0.25, 0.3) is 0 Å². The predicted octanol–water partition coefficient (Wildman–Crippen LogP) is 0.00970. The van der Waals surface area contributed by atoms with Crippen LogP contribution in [-0.4, -0.2) is 12.6 Å². The Morgan fingerprint density at radius 1 is 1.71 bits per heavy atom. The normalized spacial score (nSPS) is 7.86. The summed E-state index contributed by atoms with van der Waals surface area (Å²) >= 11 is 0.944. The Hall–Kier alpha value is -0.0766. The Morgan fingerprint density at radius 2 is 2.29 bits per heavy atom. The van der Waals surface area contributed by atoms with Crippen molar-refractivity contribution in [2.24, 2.45) is 3.68 Å². The number of rotatable bonds is 2. The van der Waals surface area contributed by atoms with Gasteiger partial charge in [0.15, 0.2) is 0 Å². The molecule has 38 valence electrons. The van der Waals surface area contributed by atoms with Crippen LogP contribution in [0.4, 0.5) is 0 Å². The van der Waals surface area contributed by atoms with Crippen molar-refractivity contribution in [3.8, 4) is 0 Å². The zero-order valence-corrected chi connectivity index (χ0v) is 7.18. The molecule has 0 amide bonds. The van der Waals surface area contributed by atoms with Gasteiger partial charge in [-0.15, -0.1) is 0 Å². The Bertz CT molecular complexity index is 64.0. The smallest absolute Gasteiger partial charge is 0.412 e. The van der Waals surface area contributed by atoms with E-state index >= 15 is 0 Å². The molecule has 0 fully saturated rings. The molecule has 0 aromatic rings. The number of hydrogen-bond donors (Lipinski definition) is 0. The molecule has 0 unspecified atom stereocenters. The first-order valence-corrected chi connectivity index (χ1v) is 2.88. The molecule has 0 aliphatic carbocycles. The molecule has 7 heavy (non-hydrogen) atoms. The molecule has 2 N–H and O–H groups in total. The predicted molar refractivity (Wildman–Crippen MR) is 22.2 cm³/mol. The molecule has 0 heterocycles. The third kappa shape index (κ3) is 10.7. The minimum atomic E-state index is 0. The van der Waals surface area contributed by atoms with Crippen LogP contribution in [0, 0.1) is 0 Å². The molecule has 4 heteroatoms. The maximum atomic E-state index is 4.53. The van der Waals surface area contributed by atoms with E-state index in [2.05, 4.69) is 8.42 Å². The fraction of sp³-hybridized carbons (Fsp3) is 0.333.